The van der Waals surface area contributed by atoms with E-state index in [2.05, 4.69) is 36.8 Å². The van der Waals surface area contributed by atoms with Gasteiger partial charge in [0.2, 0.25) is 0 Å². The Morgan fingerprint density at radius 2 is 2.00 bits per heavy atom. The molecule has 1 aromatic carbocycles. The van der Waals surface area contributed by atoms with Gasteiger partial charge in [-0.05, 0) is 18.1 Å². The minimum atomic E-state index is 0.302. The third kappa shape index (κ3) is 1.73. The Balaban J connectivity index is 2.77. The number of hydrogen-bond donors (Lipinski definition) is 1. The van der Waals surface area contributed by atoms with Gasteiger partial charge < -0.3 is 5.73 Å². The fourth-order valence-electron chi connectivity index (χ4n) is 1.80. The Morgan fingerprint density at radius 3 is 2.62 bits per heavy atom. The number of aryl methyl sites for hydroxylation is 1. The maximum atomic E-state index is 5.97. The summed E-state index contributed by atoms with van der Waals surface area (Å²) in [4.78, 5) is 8.96. The van der Waals surface area contributed by atoms with E-state index in [0.29, 0.717) is 11.7 Å². The lowest BCUT2D eigenvalue weighted by Crippen LogP contribution is -2.03. The lowest BCUT2D eigenvalue weighted by molar-refractivity contribution is 0.784. The van der Waals surface area contributed by atoms with E-state index in [0.717, 1.165) is 23.1 Å². The molecule has 0 unspecified atom stereocenters. The molecule has 84 valence electrons. The molecule has 0 atom stereocenters. The molecule has 0 bridgehead atoms. The Labute approximate surface area is 95.7 Å². The summed E-state index contributed by atoms with van der Waals surface area (Å²) < 4.78 is 0. The van der Waals surface area contributed by atoms with Crippen molar-refractivity contribution in [3.05, 3.63) is 29.6 Å². The van der Waals surface area contributed by atoms with Gasteiger partial charge in [-0.25, -0.2) is 9.97 Å². The molecule has 0 aliphatic carbocycles. The minimum absolute atomic E-state index is 0.302. The lowest BCUT2D eigenvalue weighted by Gasteiger charge is -2.10. The summed E-state index contributed by atoms with van der Waals surface area (Å²) in [6, 6.07) is 6.09. The number of nitrogen functional groups attached to an aromatic ring is 1. The molecule has 0 aliphatic heterocycles. The Hall–Kier alpha value is -1.64. The third-order valence-electron chi connectivity index (χ3n) is 2.75. The zero-order valence-corrected chi connectivity index (χ0v) is 9.99. The smallest absolute Gasteiger partial charge is 0.135 e. The van der Waals surface area contributed by atoms with Gasteiger partial charge in [-0.1, -0.05) is 32.9 Å². The number of benzene rings is 1. The molecular weight excluding hydrogens is 198 g/mol. The first-order valence-electron chi connectivity index (χ1n) is 5.68. The number of para-hydroxylation sites is 1. The van der Waals surface area contributed by atoms with Crippen molar-refractivity contribution in [2.45, 2.75) is 33.1 Å². The highest BCUT2D eigenvalue weighted by Gasteiger charge is 2.10. The normalized spacial score (nSPS) is 11.2. The van der Waals surface area contributed by atoms with E-state index in [1.54, 1.807) is 0 Å². The topological polar surface area (TPSA) is 51.8 Å². The fourth-order valence-corrected chi connectivity index (χ4v) is 1.80. The fraction of sp³-hybridized carbons (Fsp3) is 0.385. The third-order valence-corrected chi connectivity index (χ3v) is 2.75. The number of rotatable bonds is 2. The van der Waals surface area contributed by atoms with Crippen LogP contribution in [0.4, 0.5) is 5.82 Å². The van der Waals surface area contributed by atoms with Crippen LogP contribution in [-0.4, -0.2) is 9.97 Å². The van der Waals surface area contributed by atoms with Crippen molar-refractivity contribution in [1.82, 2.24) is 9.97 Å². The van der Waals surface area contributed by atoms with E-state index in [9.17, 15) is 0 Å². The first-order chi connectivity index (χ1) is 7.63. The van der Waals surface area contributed by atoms with Crippen molar-refractivity contribution in [1.29, 1.82) is 0 Å². The highest BCUT2D eigenvalue weighted by atomic mass is 15.0. The number of nitrogens with zero attached hydrogens (tertiary/aromatic N) is 2. The van der Waals surface area contributed by atoms with Crippen LogP contribution in [0, 0.1) is 0 Å². The van der Waals surface area contributed by atoms with E-state index >= 15 is 0 Å². The second kappa shape index (κ2) is 4.08. The average Bonchev–Trinajstić information content (AvgIpc) is 2.28. The van der Waals surface area contributed by atoms with Crippen molar-refractivity contribution in [2.24, 2.45) is 0 Å². The van der Waals surface area contributed by atoms with Gasteiger partial charge in [0.1, 0.15) is 11.6 Å². The summed E-state index contributed by atoms with van der Waals surface area (Å²) in [5, 5.41) is 0.962. The average molecular weight is 215 g/mol. The van der Waals surface area contributed by atoms with Crippen LogP contribution in [-0.2, 0) is 6.42 Å². The Kier molecular flexibility index (Phi) is 2.77. The summed E-state index contributed by atoms with van der Waals surface area (Å²) in [5.74, 6) is 1.71. The summed E-state index contributed by atoms with van der Waals surface area (Å²) >= 11 is 0. The molecule has 0 spiro atoms. The van der Waals surface area contributed by atoms with Crippen molar-refractivity contribution in [3.63, 3.8) is 0 Å². The van der Waals surface area contributed by atoms with Crippen LogP contribution >= 0.6 is 0 Å². The molecule has 0 saturated carbocycles. The van der Waals surface area contributed by atoms with Crippen molar-refractivity contribution >= 4 is 16.7 Å². The van der Waals surface area contributed by atoms with Gasteiger partial charge in [-0.15, -0.1) is 0 Å². The second-order valence-electron chi connectivity index (χ2n) is 4.29. The van der Waals surface area contributed by atoms with E-state index in [4.69, 9.17) is 5.73 Å². The molecule has 0 saturated heterocycles. The number of nitrogens with two attached hydrogens (primary N) is 1. The van der Waals surface area contributed by atoms with Crippen LogP contribution in [0.2, 0.25) is 0 Å². The van der Waals surface area contributed by atoms with E-state index in [1.807, 2.05) is 12.1 Å². The standard InChI is InChI=1S/C13H17N3/c1-4-9-6-5-7-10-11(9)15-13(8(2)3)16-12(10)14/h5-8H,4H2,1-3H3,(H2,14,15,16). The largest absolute Gasteiger partial charge is 0.383 e. The molecule has 3 nitrogen and oxygen atoms in total. The molecular formula is C13H17N3. The zero-order chi connectivity index (χ0) is 11.7. The predicted octanol–water partition coefficient (Wildman–Crippen LogP) is 2.90. The highest BCUT2D eigenvalue weighted by molar-refractivity contribution is 5.90. The first kappa shape index (κ1) is 10.9. The first-order valence-corrected chi connectivity index (χ1v) is 5.68. The molecule has 3 heteroatoms. The van der Waals surface area contributed by atoms with Gasteiger partial charge in [0, 0.05) is 11.3 Å². The summed E-state index contributed by atoms with van der Waals surface area (Å²) in [6.45, 7) is 6.28. The summed E-state index contributed by atoms with van der Waals surface area (Å²) in [7, 11) is 0. The lowest BCUT2D eigenvalue weighted by atomic mass is 10.1. The number of fused-ring (bicyclic) bond motifs is 1. The number of anilines is 1. The van der Waals surface area contributed by atoms with Crippen molar-refractivity contribution in [3.8, 4) is 0 Å². The summed E-state index contributed by atoms with van der Waals surface area (Å²) in [5.41, 5.74) is 8.20. The maximum absolute atomic E-state index is 5.97. The predicted molar refractivity (Wildman–Crippen MR) is 67.4 cm³/mol. The van der Waals surface area contributed by atoms with Crippen LogP contribution in [0.5, 0.6) is 0 Å². The second-order valence-corrected chi connectivity index (χ2v) is 4.29. The van der Waals surface area contributed by atoms with E-state index < -0.39 is 0 Å². The van der Waals surface area contributed by atoms with Gasteiger partial charge in [0.05, 0.1) is 5.52 Å². The molecule has 0 amide bonds. The monoisotopic (exact) mass is 215 g/mol. The molecule has 1 heterocycles. The Morgan fingerprint density at radius 1 is 1.25 bits per heavy atom. The van der Waals surface area contributed by atoms with Crippen LogP contribution in [0.3, 0.4) is 0 Å². The molecule has 16 heavy (non-hydrogen) atoms. The van der Waals surface area contributed by atoms with Gasteiger partial charge in [-0.2, -0.15) is 0 Å². The van der Waals surface area contributed by atoms with E-state index in [-0.39, 0.29) is 0 Å². The zero-order valence-electron chi connectivity index (χ0n) is 9.99. The molecule has 0 radical (unpaired) electrons. The number of aromatic nitrogens is 2. The highest BCUT2D eigenvalue weighted by Crippen LogP contribution is 2.23. The van der Waals surface area contributed by atoms with Gasteiger partial charge in [0.15, 0.2) is 0 Å². The van der Waals surface area contributed by atoms with Gasteiger partial charge in [0.25, 0.3) is 0 Å². The van der Waals surface area contributed by atoms with Crippen molar-refractivity contribution < 1.29 is 0 Å². The molecule has 2 N–H and O–H groups in total. The SMILES string of the molecule is CCc1cccc2c(N)nc(C(C)C)nc12. The maximum Gasteiger partial charge on any atom is 0.135 e. The van der Waals surface area contributed by atoms with Crippen LogP contribution in [0.1, 0.15) is 38.1 Å². The Bertz CT molecular complexity index is 518. The van der Waals surface area contributed by atoms with Gasteiger partial charge >= 0.3 is 0 Å². The van der Waals surface area contributed by atoms with Crippen LogP contribution in [0.15, 0.2) is 18.2 Å². The molecule has 2 rings (SSSR count). The van der Waals surface area contributed by atoms with Gasteiger partial charge in [-0.3, -0.25) is 0 Å². The van der Waals surface area contributed by atoms with Crippen molar-refractivity contribution in [2.75, 3.05) is 5.73 Å². The molecule has 0 aliphatic rings. The molecule has 2 aromatic rings. The quantitative estimate of drug-likeness (QED) is 0.838. The van der Waals surface area contributed by atoms with Crippen LogP contribution in [0.25, 0.3) is 10.9 Å². The molecule has 0 fully saturated rings. The minimum Gasteiger partial charge on any atom is -0.383 e. The van der Waals surface area contributed by atoms with E-state index in [1.165, 1.54) is 5.56 Å². The summed E-state index contributed by atoms with van der Waals surface area (Å²) in [6.07, 6.45) is 0.964. The number of hydrogen-bond acceptors (Lipinski definition) is 3. The molecule has 1 aromatic heterocycles. The van der Waals surface area contributed by atoms with Crippen LogP contribution < -0.4 is 5.73 Å².